The predicted octanol–water partition coefficient (Wildman–Crippen LogP) is 3.78. The number of carbonyl (C=O) groups is 2. The number of aromatic nitrogens is 1. The summed E-state index contributed by atoms with van der Waals surface area (Å²) in [7, 11) is 0. The van der Waals surface area contributed by atoms with Gasteiger partial charge in [-0.1, -0.05) is 40.7 Å². The summed E-state index contributed by atoms with van der Waals surface area (Å²) in [6, 6.07) is 2.20. The molecule has 0 spiro atoms. The molecule has 0 aliphatic carbocycles. The van der Waals surface area contributed by atoms with E-state index in [0.717, 1.165) is 31.5 Å². The fraction of sp³-hybridized carbons (Fsp3) is 0.731. The summed E-state index contributed by atoms with van der Waals surface area (Å²) < 4.78 is 0. The molecule has 3 heterocycles. The van der Waals surface area contributed by atoms with Gasteiger partial charge in [0.05, 0.1) is 5.60 Å². The molecule has 1 aromatic rings. The van der Waals surface area contributed by atoms with E-state index in [0.29, 0.717) is 38.3 Å². The van der Waals surface area contributed by atoms with E-state index in [1.807, 2.05) is 63.7 Å². The molecule has 2 fully saturated rings. The van der Waals surface area contributed by atoms with Gasteiger partial charge < -0.3 is 14.9 Å². The molecule has 0 bridgehead atoms. The lowest BCUT2D eigenvalue weighted by Crippen LogP contribution is -2.49. The Morgan fingerprint density at radius 3 is 2.12 bits per heavy atom. The van der Waals surface area contributed by atoms with E-state index in [1.54, 1.807) is 0 Å². The Hall–Kier alpha value is -1.95. The number of aliphatic hydroxyl groups is 1. The van der Waals surface area contributed by atoms with E-state index in [9.17, 15) is 14.7 Å². The highest BCUT2D eigenvalue weighted by molar-refractivity contribution is 5.82. The van der Waals surface area contributed by atoms with Crippen molar-refractivity contribution < 1.29 is 14.7 Å². The van der Waals surface area contributed by atoms with Crippen molar-refractivity contribution in [2.75, 3.05) is 26.2 Å². The largest absolute Gasteiger partial charge is 0.390 e. The Morgan fingerprint density at radius 1 is 1.00 bits per heavy atom. The maximum absolute atomic E-state index is 13.2. The van der Waals surface area contributed by atoms with Gasteiger partial charge in [-0.05, 0) is 56.1 Å². The number of hydrogen-bond donors (Lipinski definition) is 1. The zero-order valence-electron chi connectivity index (χ0n) is 20.8. The monoisotopic (exact) mass is 443 g/mol. The van der Waals surface area contributed by atoms with Crippen molar-refractivity contribution >= 4 is 11.8 Å². The third kappa shape index (κ3) is 5.89. The first-order valence-corrected chi connectivity index (χ1v) is 12.0. The first kappa shape index (κ1) is 24.7. The van der Waals surface area contributed by atoms with E-state index in [-0.39, 0.29) is 17.2 Å². The van der Waals surface area contributed by atoms with Gasteiger partial charge in [-0.2, -0.15) is 0 Å². The second kappa shape index (κ2) is 9.12. The van der Waals surface area contributed by atoms with Crippen LogP contribution >= 0.6 is 0 Å². The highest BCUT2D eigenvalue weighted by Crippen LogP contribution is 2.32. The van der Waals surface area contributed by atoms with Gasteiger partial charge in [0.2, 0.25) is 11.8 Å². The Morgan fingerprint density at radius 2 is 1.56 bits per heavy atom. The Kier molecular flexibility index (Phi) is 7.04. The third-order valence-electron chi connectivity index (χ3n) is 7.06. The summed E-state index contributed by atoms with van der Waals surface area (Å²) >= 11 is 0. The number of hydrogen-bond acceptors (Lipinski definition) is 4. The standard InChI is InChI=1S/C26H41N3O3/c1-24(2,3)22(30)28-11-7-20(8-12-28)21-15-19(17-27-18-21)16-25(4,5)23(31)29-13-9-26(6,32)10-14-29/h15,17-18,20,32H,7-14,16H2,1-6H3. The van der Waals surface area contributed by atoms with Crippen molar-refractivity contribution in [2.45, 2.75) is 85.2 Å². The van der Waals surface area contributed by atoms with Crippen molar-refractivity contribution in [3.63, 3.8) is 0 Å². The molecule has 6 heteroatoms. The number of rotatable bonds is 4. The zero-order chi connectivity index (χ0) is 23.7. The van der Waals surface area contributed by atoms with Gasteiger partial charge in [0, 0.05) is 49.4 Å². The minimum atomic E-state index is -0.660. The van der Waals surface area contributed by atoms with Crippen LogP contribution in [0.25, 0.3) is 0 Å². The van der Waals surface area contributed by atoms with Gasteiger partial charge in [0.25, 0.3) is 0 Å². The molecule has 1 aromatic heterocycles. The number of amides is 2. The normalized spacial score (nSPS) is 20.3. The molecular weight excluding hydrogens is 402 g/mol. The lowest BCUT2D eigenvalue weighted by molar-refractivity contribution is -0.144. The van der Waals surface area contributed by atoms with Gasteiger partial charge >= 0.3 is 0 Å². The van der Waals surface area contributed by atoms with Crippen LogP contribution in [-0.4, -0.2) is 63.5 Å². The van der Waals surface area contributed by atoms with Crippen molar-refractivity contribution in [1.29, 1.82) is 0 Å². The number of piperidine rings is 2. The number of pyridine rings is 1. The molecule has 178 valence electrons. The molecule has 2 aliphatic heterocycles. The average molecular weight is 444 g/mol. The Labute approximate surface area is 193 Å². The van der Waals surface area contributed by atoms with E-state index in [2.05, 4.69) is 11.1 Å². The smallest absolute Gasteiger partial charge is 0.228 e. The Bertz CT molecular complexity index is 823. The molecule has 0 unspecified atom stereocenters. The van der Waals surface area contributed by atoms with Crippen LogP contribution in [0.5, 0.6) is 0 Å². The summed E-state index contributed by atoms with van der Waals surface area (Å²) in [6.07, 6.45) is 7.60. The van der Waals surface area contributed by atoms with Gasteiger partial charge in [-0.25, -0.2) is 0 Å². The molecule has 0 atom stereocenters. The number of nitrogens with zero attached hydrogens (tertiary/aromatic N) is 3. The van der Waals surface area contributed by atoms with Crippen LogP contribution in [-0.2, 0) is 16.0 Å². The predicted molar refractivity (Wildman–Crippen MR) is 126 cm³/mol. The quantitative estimate of drug-likeness (QED) is 0.769. The summed E-state index contributed by atoms with van der Waals surface area (Å²) in [6.45, 7) is 14.6. The summed E-state index contributed by atoms with van der Waals surface area (Å²) in [5.74, 6) is 0.768. The number of carbonyl (C=O) groups excluding carboxylic acids is 2. The summed E-state index contributed by atoms with van der Waals surface area (Å²) in [5.41, 5.74) is 0.773. The van der Waals surface area contributed by atoms with Crippen LogP contribution in [0.15, 0.2) is 18.5 Å². The fourth-order valence-corrected chi connectivity index (χ4v) is 4.92. The first-order valence-electron chi connectivity index (χ1n) is 12.0. The molecule has 2 amide bonds. The molecule has 32 heavy (non-hydrogen) atoms. The van der Waals surface area contributed by atoms with Crippen LogP contribution in [0.3, 0.4) is 0 Å². The van der Waals surface area contributed by atoms with E-state index >= 15 is 0 Å². The Balaban J connectivity index is 1.61. The van der Waals surface area contributed by atoms with Crippen molar-refractivity contribution in [2.24, 2.45) is 10.8 Å². The fourth-order valence-electron chi connectivity index (χ4n) is 4.92. The van der Waals surface area contributed by atoms with Crippen molar-refractivity contribution in [3.05, 3.63) is 29.6 Å². The highest BCUT2D eigenvalue weighted by Gasteiger charge is 2.37. The second-order valence-electron chi connectivity index (χ2n) is 11.8. The first-order chi connectivity index (χ1) is 14.8. The topological polar surface area (TPSA) is 73.7 Å². The molecule has 2 aliphatic rings. The van der Waals surface area contributed by atoms with Crippen LogP contribution in [0, 0.1) is 10.8 Å². The van der Waals surface area contributed by atoms with Crippen molar-refractivity contribution in [1.82, 2.24) is 14.8 Å². The molecule has 1 N–H and O–H groups in total. The lowest BCUT2D eigenvalue weighted by Gasteiger charge is -2.39. The van der Waals surface area contributed by atoms with Gasteiger partial charge in [-0.15, -0.1) is 0 Å². The van der Waals surface area contributed by atoms with Crippen LogP contribution < -0.4 is 0 Å². The average Bonchev–Trinajstić information content (AvgIpc) is 2.72. The van der Waals surface area contributed by atoms with Crippen LogP contribution in [0.4, 0.5) is 0 Å². The molecular formula is C26H41N3O3. The molecule has 0 radical (unpaired) electrons. The molecule has 3 rings (SSSR count). The minimum Gasteiger partial charge on any atom is -0.390 e. The van der Waals surface area contributed by atoms with Gasteiger partial charge in [0.15, 0.2) is 0 Å². The highest BCUT2D eigenvalue weighted by atomic mass is 16.3. The summed E-state index contributed by atoms with van der Waals surface area (Å²) in [4.78, 5) is 34.1. The maximum Gasteiger partial charge on any atom is 0.228 e. The van der Waals surface area contributed by atoms with E-state index in [4.69, 9.17) is 0 Å². The summed E-state index contributed by atoms with van der Waals surface area (Å²) in [5, 5.41) is 10.2. The second-order valence-corrected chi connectivity index (χ2v) is 11.8. The third-order valence-corrected chi connectivity index (χ3v) is 7.06. The maximum atomic E-state index is 13.2. The zero-order valence-corrected chi connectivity index (χ0v) is 20.8. The van der Waals surface area contributed by atoms with E-state index < -0.39 is 11.0 Å². The minimum absolute atomic E-state index is 0.146. The SMILES string of the molecule is CC1(O)CCN(C(=O)C(C)(C)Cc2cncc(C3CCN(C(=O)C(C)(C)C)CC3)c2)CC1. The lowest BCUT2D eigenvalue weighted by atomic mass is 9.82. The van der Waals surface area contributed by atoms with Crippen molar-refractivity contribution in [3.8, 4) is 0 Å². The van der Waals surface area contributed by atoms with Gasteiger partial charge in [-0.3, -0.25) is 14.6 Å². The van der Waals surface area contributed by atoms with Crippen LogP contribution in [0.2, 0.25) is 0 Å². The molecule has 2 saturated heterocycles. The van der Waals surface area contributed by atoms with Crippen LogP contribution in [0.1, 0.15) is 84.3 Å². The van der Waals surface area contributed by atoms with E-state index in [1.165, 1.54) is 5.56 Å². The molecule has 0 saturated carbocycles. The molecule has 0 aromatic carbocycles. The number of likely N-dealkylation sites (tertiary alicyclic amines) is 2. The van der Waals surface area contributed by atoms with Gasteiger partial charge in [0.1, 0.15) is 0 Å². The molecule has 6 nitrogen and oxygen atoms in total.